The molecular formula is C30H31ClN6O2. The Bertz CT molecular complexity index is 1550. The molecule has 0 spiro atoms. The number of nitrogens with zero attached hydrogens (tertiary/aromatic N) is 5. The van der Waals surface area contributed by atoms with Crippen LogP contribution in [0.4, 0.5) is 11.4 Å². The van der Waals surface area contributed by atoms with E-state index in [0.29, 0.717) is 28.2 Å². The van der Waals surface area contributed by atoms with Gasteiger partial charge in [-0.3, -0.25) is 19.7 Å². The average molecular weight is 543 g/mol. The average Bonchev–Trinajstić information content (AvgIpc) is 2.94. The number of aromatic hydroxyl groups is 1. The summed E-state index contributed by atoms with van der Waals surface area (Å²) in [6, 6.07) is 13.4. The molecule has 1 aromatic heterocycles. The van der Waals surface area contributed by atoms with Gasteiger partial charge in [-0.15, -0.1) is 0 Å². The van der Waals surface area contributed by atoms with Gasteiger partial charge in [-0.25, -0.2) is 0 Å². The molecule has 4 aromatic rings. The van der Waals surface area contributed by atoms with Crippen molar-refractivity contribution in [2.24, 2.45) is 0 Å². The van der Waals surface area contributed by atoms with Gasteiger partial charge in [-0.05, 0) is 60.0 Å². The first-order chi connectivity index (χ1) is 18.9. The molecule has 0 unspecified atom stereocenters. The predicted octanol–water partition coefficient (Wildman–Crippen LogP) is 5.04. The molecule has 2 heterocycles. The predicted molar refractivity (Wildman–Crippen MR) is 158 cm³/mol. The van der Waals surface area contributed by atoms with Gasteiger partial charge in [0.05, 0.1) is 21.9 Å². The lowest BCUT2D eigenvalue weighted by Crippen LogP contribution is -2.43. The Labute approximate surface area is 233 Å². The number of hydrogen-bond donors (Lipinski definition) is 2. The lowest BCUT2D eigenvalue weighted by Gasteiger charge is -2.30. The summed E-state index contributed by atoms with van der Waals surface area (Å²) in [5.41, 5.74) is 7.14. The Morgan fingerprint density at radius 3 is 2.38 bits per heavy atom. The summed E-state index contributed by atoms with van der Waals surface area (Å²) >= 11 is 6.63. The lowest BCUT2D eigenvalue weighted by atomic mass is 9.94. The molecule has 200 valence electrons. The first-order valence-corrected chi connectivity index (χ1v) is 13.2. The van der Waals surface area contributed by atoms with Gasteiger partial charge in [0.25, 0.3) is 0 Å². The second kappa shape index (κ2) is 11.3. The Morgan fingerprint density at radius 2 is 1.69 bits per heavy atom. The van der Waals surface area contributed by atoms with Crippen LogP contribution in [-0.2, 0) is 4.79 Å². The van der Waals surface area contributed by atoms with Crippen molar-refractivity contribution in [1.82, 2.24) is 20.2 Å². The molecule has 9 heteroatoms. The van der Waals surface area contributed by atoms with Crippen LogP contribution in [0.25, 0.3) is 33.3 Å². The van der Waals surface area contributed by atoms with Crippen LogP contribution in [0.5, 0.6) is 5.75 Å². The number of piperazine rings is 1. The summed E-state index contributed by atoms with van der Waals surface area (Å²) < 4.78 is 0. The van der Waals surface area contributed by atoms with E-state index in [1.54, 1.807) is 36.9 Å². The first-order valence-electron chi connectivity index (χ1n) is 12.8. The largest absolute Gasteiger partial charge is 0.507 e. The number of rotatable bonds is 7. The zero-order valence-electron chi connectivity index (χ0n) is 22.2. The molecule has 0 bridgehead atoms. The van der Waals surface area contributed by atoms with Crippen molar-refractivity contribution < 1.29 is 9.90 Å². The van der Waals surface area contributed by atoms with E-state index in [0.717, 1.165) is 59.6 Å². The summed E-state index contributed by atoms with van der Waals surface area (Å²) in [4.78, 5) is 26.5. The molecule has 1 aliphatic heterocycles. The Kier molecular flexibility index (Phi) is 7.67. The molecule has 0 atom stereocenters. The van der Waals surface area contributed by atoms with E-state index in [1.165, 1.54) is 4.90 Å². The minimum absolute atomic E-state index is 0.152. The van der Waals surface area contributed by atoms with E-state index in [1.807, 2.05) is 50.2 Å². The van der Waals surface area contributed by atoms with Crippen LogP contribution in [0, 0.1) is 6.92 Å². The molecule has 8 nitrogen and oxygen atoms in total. The number of nitrogens with one attached hydrogen (secondary N) is 1. The van der Waals surface area contributed by atoms with Crippen molar-refractivity contribution in [2.45, 2.75) is 6.92 Å². The normalized spacial score (nSPS) is 13.7. The Morgan fingerprint density at radius 1 is 0.974 bits per heavy atom. The van der Waals surface area contributed by atoms with Gasteiger partial charge in [0.15, 0.2) is 0 Å². The van der Waals surface area contributed by atoms with Gasteiger partial charge >= 0.3 is 0 Å². The molecule has 0 aliphatic carbocycles. The SMILES string of the molecule is Cc1cc(-c2ccc(N(C=O)/C=C\N(C)C)c(Cl)c2)c(O)c(-c2cc(N3CCNCC3)c3nccnc3c2)c1. The summed E-state index contributed by atoms with van der Waals surface area (Å²) in [6.45, 7) is 5.53. The second-order valence-corrected chi connectivity index (χ2v) is 10.2. The number of aryl methyl sites for hydroxylation is 1. The van der Waals surface area contributed by atoms with E-state index in [9.17, 15) is 9.90 Å². The topological polar surface area (TPSA) is 84.8 Å². The molecular weight excluding hydrogens is 512 g/mol. The number of carbonyl (C=O) groups is 1. The van der Waals surface area contributed by atoms with Crippen molar-refractivity contribution in [3.63, 3.8) is 0 Å². The first kappa shape index (κ1) is 26.5. The van der Waals surface area contributed by atoms with E-state index < -0.39 is 0 Å². The quantitative estimate of drug-likeness (QED) is 0.317. The molecule has 1 saturated heterocycles. The second-order valence-electron chi connectivity index (χ2n) is 9.81. The van der Waals surface area contributed by atoms with Crippen molar-refractivity contribution in [1.29, 1.82) is 0 Å². The van der Waals surface area contributed by atoms with Crippen LogP contribution in [0.2, 0.25) is 5.02 Å². The highest BCUT2D eigenvalue weighted by molar-refractivity contribution is 6.34. The van der Waals surface area contributed by atoms with Crippen LogP contribution >= 0.6 is 11.6 Å². The lowest BCUT2D eigenvalue weighted by molar-refractivity contribution is -0.106. The number of aromatic nitrogens is 2. The number of halogens is 1. The highest BCUT2D eigenvalue weighted by Gasteiger charge is 2.20. The van der Waals surface area contributed by atoms with Gasteiger partial charge in [0.2, 0.25) is 6.41 Å². The van der Waals surface area contributed by atoms with Crippen LogP contribution in [0.1, 0.15) is 5.56 Å². The molecule has 39 heavy (non-hydrogen) atoms. The molecule has 1 amide bonds. The molecule has 2 N–H and O–H groups in total. The fourth-order valence-electron chi connectivity index (χ4n) is 4.84. The monoisotopic (exact) mass is 542 g/mol. The van der Waals surface area contributed by atoms with Gasteiger partial charge in [0, 0.05) is 76.2 Å². The van der Waals surface area contributed by atoms with E-state index in [4.69, 9.17) is 11.6 Å². The van der Waals surface area contributed by atoms with Crippen LogP contribution in [0.3, 0.4) is 0 Å². The number of phenols is 1. The van der Waals surface area contributed by atoms with E-state index >= 15 is 0 Å². The fraction of sp³-hybridized carbons (Fsp3) is 0.233. The number of anilines is 2. The summed E-state index contributed by atoms with van der Waals surface area (Å²) in [5, 5.41) is 15.4. The van der Waals surface area contributed by atoms with E-state index in [2.05, 4.69) is 26.3 Å². The minimum Gasteiger partial charge on any atom is -0.507 e. The summed E-state index contributed by atoms with van der Waals surface area (Å²) in [6.07, 6.45) is 7.52. The van der Waals surface area contributed by atoms with Gasteiger partial charge in [0.1, 0.15) is 11.3 Å². The maximum absolute atomic E-state index is 11.7. The number of fused-ring (bicyclic) bond motifs is 1. The molecule has 0 saturated carbocycles. The molecule has 1 aliphatic rings. The number of carbonyl (C=O) groups excluding carboxylic acids is 1. The number of phenolic OH excluding ortho intramolecular Hbond substituents is 1. The van der Waals surface area contributed by atoms with Gasteiger partial charge < -0.3 is 20.2 Å². The third-order valence-electron chi connectivity index (χ3n) is 6.75. The van der Waals surface area contributed by atoms with Crippen LogP contribution in [0.15, 0.2) is 67.3 Å². The minimum atomic E-state index is 0.152. The van der Waals surface area contributed by atoms with E-state index in [-0.39, 0.29) is 5.75 Å². The van der Waals surface area contributed by atoms with Crippen molar-refractivity contribution >= 4 is 40.4 Å². The Hall–Kier alpha value is -4.14. The zero-order valence-corrected chi connectivity index (χ0v) is 23.0. The Balaban J connectivity index is 1.59. The van der Waals surface area contributed by atoms with Gasteiger partial charge in [-0.1, -0.05) is 17.7 Å². The number of hydrogen-bond acceptors (Lipinski definition) is 7. The maximum Gasteiger partial charge on any atom is 0.218 e. The van der Waals surface area contributed by atoms with Crippen molar-refractivity contribution in [2.75, 3.05) is 50.1 Å². The molecule has 3 aromatic carbocycles. The number of benzene rings is 3. The third kappa shape index (κ3) is 5.53. The van der Waals surface area contributed by atoms with Crippen molar-refractivity contribution in [3.8, 4) is 28.0 Å². The standard InChI is InChI=1S/C30H31ClN6O2/c1-20-14-23(21-4-5-27(25(31)16-21)37(19-38)13-12-35(2)3)30(39)24(15-20)22-17-26-29(34-7-6-33-26)28(18-22)36-10-8-32-9-11-36/h4-7,12-19,32,39H,8-11H2,1-3H3/b13-12-. The number of amides is 1. The maximum atomic E-state index is 11.7. The highest BCUT2D eigenvalue weighted by Crippen LogP contribution is 2.43. The van der Waals surface area contributed by atoms with Gasteiger partial charge in [-0.2, -0.15) is 0 Å². The summed E-state index contributed by atoms with van der Waals surface area (Å²) in [7, 11) is 3.74. The fourth-order valence-corrected chi connectivity index (χ4v) is 5.12. The third-order valence-corrected chi connectivity index (χ3v) is 7.06. The smallest absolute Gasteiger partial charge is 0.218 e. The summed E-state index contributed by atoms with van der Waals surface area (Å²) in [5.74, 6) is 0.152. The molecule has 5 rings (SSSR count). The zero-order chi connectivity index (χ0) is 27.5. The van der Waals surface area contributed by atoms with Crippen LogP contribution in [-0.4, -0.2) is 66.7 Å². The van der Waals surface area contributed by atoms with Crippen LogP contribution < -0.4 is 15.1 Å². The highest BCUT2D eigenvalue weighted by atomic mass is 35.5. The molecule has 0 radical (unpaired) electrons. The van der Waals surface area contributed by atoms with Crippen molar-refractivity contribution in [3.05, 3.63) is 77.8 Å². The molecule has 1 fully saturated rings.